The Bertz CT molecular complexity index is 492. The maximum Gasteiger partial charge on any atom is 0.328 e. The van der Waals surface area contributed by atoms with Crippen LogP contribution in [0.15, 0.2) is 16.6 Å². The van der Waals surface area contributed by atoms with Gasteiger partial charge in [-0.15, -0.1) is 0 Å². The van der Waals surface area contributed by atoms with Gasteiger partial charge >= 0.3 is 6.03 Å². The zero-order valence-electron chi connectivity index (χ0n) is 10.1. The first-order valence-electron chi connectivity index (χ1n) is 5.26. The third-order valence-electron chi connectivity index (χ3n) is 2.37. The molecule has 1 rings (SSSR count). The lowest BCUT2D eigenvalue weighted by molar-refractivity contribution is 0.251. The predicted molar refractivity (Wildman–Crippen MR) is 72.3 cm³/mol. The fraction of sp³-hybridized carbons (Fsp3) is 0.273. The lowest BCUT2D eigenvalue weighted by Gasteiger charge is -2.24. The van der Waals surface area contributed by atoms with Gasteiger partial charge in [0.2, 0.25) is 5.96 Å². The summed E-state index contributed by atoms with van der Waals surface area (Å²) in [6, 6.07) is 2.00. The molecule has 0 aromatic heterocycles. The van der Waals surface area contributed by atoms with Crippen LogP contribution in [0.25, 0.3) is 0 Å². The lowest BCUT2D eigenvalue weighted by Crippen LogP contribution is -2.46. The number of nitrogens with two attached hydrogens (primary N) is 1. The minimum absolute atomic E-state index is 0.373. The minimum atomic E-state index is -0.551. The molecule has 0 heterocycles. The Labute approximate surface area is 113 Å². The van der Waals surface area contributed by atoms with Gasteiger partial charge in [-0.05, 0) is 40.0 Å². The third-order valence-corrected chi connectivity index (χ3v) is 2.97. The molecule has 0 spiro atoms. The fourth-order valence-electron chi connectivity index (χ4n) is 1.58. The Hall–Kier alpha value is -1.63. The summed E-state index contributed by atoms with van der Waals surface area (Å²) < 4.78 is 13.7. The SMILES string of the molecule is CCc1cc(F)cc(Br)c1N(C(=N)N)C(=O)NC. The van der Waals surface area contributed by atoms with Crippen molar-refractivity contribution in [2.45, 2.75) is 13.3 Å². The van der Waals surface area contributed by atoms with Gasteiger partial charge < -0.3 is 11.1 Å². The van der Waals surface area contributed by atoms with Crippen LogP contribution < -0.4 is 16.0 Å². The monoisotopic (exact) mass is 316 g/mol. The van der Waals surface area contributed by atoms with Crippen LogP contribution in [0, 0.1) is 11.2 Å². The average molecular weight is 317 g/mol. The van der Waals surface area contributed by atoms with Crippen LogP contribution in [0.1, 0.15) is 12.5 Å². The van der Waals surface area contributed by atoms with Crippen LogP contribution in [-0.4, -0.2) is 19.0 Å². The molecule has 4 N–H and O–H groups in total. The van der Waals surface area contributed by atoms with E-state index in [9.17, 15) is 9.18 Å². The van der Waals surface area contributed by atoms with Crippen molar-refractivity contribution in [2.24, 2.45) is 5.73 Å². The normalized spacial score (nSPS) is 10.0. The van der Waals surface area contributed by atoms with Crippen molar-refractivity contribution in [3.63, 3.8) is 0 Å². The van der Waals surface area contributed by atoms with E-state index in [1.807, 2.05) is 6.92 Å². The zero-order valence-corrected chi connectivity index (χ0v) is 11.6. The largest absolute Gasteiger partial charge is 0.369 e. The van der Waals surface area contributed by atoms with E-state index in [1.54, 1.807) is 0 Å². The van der Waals surface area contributed by atoms with Crippen LogP contribution >= 0.6 is 15.9 Å². The number of carbonyl (C=O) groups is 1. The summed E-state index contributed by atoms with van der Waals surface area (Å²) in [5.74, 6) is -0.848. The van der Waals surface area contributed by atoms with Gasteiger partial charge in [0.25, 0.3) is 0 Å². The maximum atomic E-state index is 13.3. The van der Waals surface area contributed by atoms with E-state index in [-0.39, 0.29) is 0 Å². The molecular weight excluding hydrogens is 303 g/mol. The fourth-order valence-corrected chi connectivity index (χ4v) is 2.23. The summed E-state index contributed by atoms with van der Waals surface area (Å²) in [6.45, 7) is 1.83. The maximum absolute atomic E-state index is 13.3. The van der Waals surface area contributed by atoms with Gasteiger partial charge in [-0.3, -0.25) is 5.41 Å². The summed E-state index contributed by atoms with van der Waals surface area (Å²) in [6.07, 6.45) is 0.506. The van der Waals surface area contributed by atoms with E-state index in [0.717, 1.165) is 4.90 Å². The number of urea groups is 1. The molecule has 1 aromatic carbocycles. The molecule has 0 atom stereocenters. The molecule has 0 fully saturated rings. The number of hydrogen-bond acceptors (Lipinski definition) is 2. The van der Waals surface area contributed by atoms with E-state index in [4.69, 9.17) is 11.1 Å². The number of benzene rings is 1. The summed E-state index contributed by atoms with van der Waals surface area (Å²) in [5, 5.41) is 9.86. The predicted octanol–water partition coefficient (Wildman–Crippen LogP) is 2.19. The number of rotatable bonds is 2. The van der Waals surface area contributed by atoms with Crippen molar-refractivity contribution in [2.75, 3.05) is 11.9 Å². The quantitative estimate of drug-likeness (QED) is 0.577. The molecule has 18 heavy (non-hydrogen) atoms. The van der Waals surface area contributed by atoms with E-state index < -0.39 is 17.8 Å². The molecule has 0 aliphatic heterocycles. The van der Waals surface area contributed by atoms with Crippen LogP contribution in [-0.2, 0) is 6.42 Å². The second kappa shape index (κ2) is 5.81. The second-order valence-corrected chi connectivity index (χ2v) is 4.38. The highest BCUT2D eigenvalue weighted by Crippen LogP contribution is 2.32. The Kier molecular flexibility index (Phi) is 4.66. The van der Waals surface area contributed by atoms with Gasteiger partial charge in [-0.25, -0.2) is 14.1 Å². The molecule has 1 aromatic rings. The molecule has 0 saturated heterocycles. The number of carbonyl (C=O) groups excluding carboxylic acids is 1. The first kappa shape index (κ1) is 14.4. The number of amides is 2. The zero-order chi connectivity index (χ0) is 13.9. The summed E-state index contributed by atoms with van der Waals surface area (Å²) in [5.41, 5.74) is 6.37. The topological polar surface area (TPSA) is 82.2 Å². The summed E-state index contributed by atoms with van der Waals surface area (Å²) in [7, 11) is 1.43. The van der Waals surface area contributed by atoms with Crippen LogP contribution in [0.2, 0.25) is 0 Å². The first-order valence-corrected chi connectivity index (χ1v) is 6.05. The van der Waals surface area contributed by atoms with Crippen molar-refractivity contribution in [3.05, 3.63) is 28.0 Å². The Balaban J connectivity index is 3.45. The second-order valence-electron chi connectivity index (χ2n) is 3.52. The highest BCUT2D eigenvalue weighted by molar-refractivity contribution is 9.10. The Morgan fingerprint density at radius 1 is 1.61 bits per heavy atom. The van der Waals surface area contributed by atoms with Crippen LogP contribution in [0.3, 0.4) is 0 Å². The molecule has 0 bridgehead atoms. The molecular formula is C11H14BrFN4O. The van der Waals surface area contributed by atoms with Crippen molar-refractivity contribution in [1.29, 1.82) is 5.41 Å². The Morgan fingerprint density at radius 3 is 2.67 bits per heavy atom. The van der Waals surface area contributed by atoms with E-state index >= 15 is 0 Å². The summed E-state index contributed by atoms with van der Waals surface area (Å²) in [4.78, 5) is 12.7. The van der Waals surface area contributed by atoms with Crippen LogP contribution in [0.4, 0.5) is 14.9 Å². The third kappa shape index (κ3) is 2.79. The van der Waals surface area contributed by atoms with Gasteiger partial charge in [0, 0.05) is 11.5 Å². The number of guanidine groups is 1. The molecule has 0 aliphatic rings. The Morgan fingerprint density at radius 2 is 2.22 bits per heavy atom. The number of nitrogens with one attached hydrogen (secondary N) is 2. The molecule has 0 unspecified atom stereocenters. The molecule has 98 valence electrons. The number of aryl methyl sites for hydroxylation is 1. The van der Waals surface area contributed by atoms with Crippen LogP contribution in [0.5, 0.6) is 0 Å². The smallest absolute Gasteiger partial charge is 0.328 e. The highest BCUT2D eigenvalue weighted by Gasteiger charge is 2.23. The van der Waals surface area contributed by atoms with Crippen molar-refractivity contribution in [3.8, 4) is 0 Å². The van der Waals surface area contributed by atoms with Gasteiger partial charge in [0.05, 0.1) is 5.69 Å². The first-order chi connectivity index (χ1) is 8.42. The molecule has 7 heteroatoms. The van der Waals surface area contributed by atoms with E-state index in [0.29, 0.717) is 22.1 Å². The minimum Gasteiger partial charge on any atom is -0.369 e. The average Bonchev–Trinajstić information content (AvgIpc) is 2.30. The number of nitrogens with zero attached hydrogens (tertiary/aromatic N) is 1. The molecule has 2 amide bonds. The van der Waals surface area contributed by atoms with E-state index in [2.05, 4.69) is 21.2 Å². The highest BCUT2D eigenvalue weighted by atomic mass is 79.9. The van der Waals surface area contributed by atoms with Crippen molar-refractivity contribution >= 4 is 33.6 Å². The van der Waals surface area contributed by atoms with Gasteiger partial charge in [-0.1, -0.05) is 6.92 Å². The summed E-state index contributed by atoms with van der Waals surface area (Å²) >= 11 is 3.19. The molecule has 0 saturated carbocycles. The van der Waals surface area contributed by atoms with Crippen molar-refractivity contribution < 1.29 is 9.18 Å². The van der Waals surface area contributed by atoms with E-state index in [1.165, 1.54) is 19.2 Å². The molecule has 0 radical (unpaired) electrons. The molecule has 5 nitrogen and oxygen atoms in total. The number of halogens is 2. The molecule has 0 aliphatic carbocycles. The standard InChI is InChI=1S/C11H14BrFN4O/c1-3-6-4-7(13)5-8(12)9(6)17(10(14)15)11(18)16-2/h4-5H,3H2,1-2H3,(H3,14,15)(H,16,18). The van der Waals surface area contributed by atoms with Gasteiger partial charge in [0.1, 0.15) is 5.82 Å². The number of hydrogen-bond donors (Lipinski definition) is 3. The number of anilines is 1. The van der Waals surface area contributed by atoms with Gasteiger partial charge in [0.15, 0.2) is 0 Å². The lowest BCUT2D eigenvalue weighted by atomic mass is 10.1. The van der Waals surface area contributed by atoms with Gasteiger partial charge in [-0.2, -0.15) is 0 Å². The van der Waals surface area contributed by atoms with Crippen molar-refractivity contribution in [1.82, 2.24) is 5.32 Å².